The summed E-state index contributed by atoms with van der Waals surface area (Å²) < 4.78 is 1.71. The average Bonchev–Trinajstić information content (AvgIpc) is 3.91. The highest BCUT2D eigenvalue weighted by molar-refractivity contribution is 5.85. The molecule has 7 rings (SSSR count). The minimum atomic E-state index is -1.29. The minimum Gasteiger partial charge on any atom is -0.390 e. The van der Waals surface area contributed by atoms with Crippen molar-refractivity contribution in [3.05, 3.63) is 78.1 Å². The number of urea groups is 1. The molecule has 2 saturated heterocycles. The van der Waals surface area contributed by atoms with Crippen LogP contribution in [-0.4, -0.2) is 98.7 Å². The van der Waals surface area contributed by atoms with Gasteiger partial charge in [-0.1, -0.05) is 60.7 Å². The van der Waals surface area contributed by atoms with Gasteiger partial charge in [0.25, 0.3) is 0 Å². The van der Waals surface area contributed by atoms with E-state index >= 15 is 0 Å². The van der Waals surface area contributed by atoms with Crippen LogP contribution in [0.5, 0.6) is 0 Å². The highest BCUT2D eigenvalue weighted by atomic mass is 16.3. The maximum absolute atomic E-state index is 12.7. The fourth-order valence-corrected chi connectivity index (χ4v) is 7.23. The Kier molecular flexibility index (Phi) is 9.11. The Morgan fingerprint density at radius 3 is 2.31 bits per heavy atom. The number of hydrogen-bond acceptors (Lipinski definition) is 10. The van der Waals surface area contributed by atoms with Crippen LogP contribution in [0, 0.1) is 5.92 Å². The van der Waals surface area contributed by atoms with Crippen molar-refractivity contribution in [2.45, 2.75) is 55.5 Å². The van der Waals surface area contributed by atoms with Crippen LogP contribution in [-0.2, 0) is 4.79 Å². The quantitative estimate of drug-likeness (QED) is 0.130. The first-order chi connectivity index (χ1) is 23.4. The van der Waals surface area contributed by atoms with Gasteiger partial charge in [0.1, 0.15) is 6.10 Å². The van der Waals surface area contributed by atoms with Gasteiger partial charge in [0.15, 0.2) is 17.0 Å². The molecule has 4 heterocycles. The highest BCUT2D eigenvalue weighted by Gasteiger charge is 2.46. The summed E-state index contributed by atoms with van der Waals surface area (Å²) in [6, 6.07) is 19.7. The number of fused-ring (bicyclic) bond motifs is 1. The second-order valence-electron chi connectivity index (χ2n) is 13.0. The number of nitrogens with two attached hydrogens (primary N) is 1. The summed E-state index contributed by atoms with van der Waals surface area (Å²) in [6.45, 7) is 3.32. The third kappa shape index (κ3) is 6.50. The molecule has 1 aliphatic carbocycles. The maximum Gasteiger partial charge on any atom is 0.315 e. The summed E-state index contributed by atoms with van der Waals surface area (Å²) in [7, 11) is 0. The van der Waals surface area contributed by atoms with E-state index in [0.717, 1.165) is 37.1 Å². The Labute approximate surface area is 278 Å². The monoisotopic (exact) mass is 654 g/mol. The zero-order valence-corrected chi connectivity index (χ0v) is 26.6. The fraction of sp³-hybridized carbons (Fsp3) is 0.441. The molecule has 1 saturated carbocycles. The number of carbonyl (C=O) groups excluding carboxylic acids is 2. The third-order valence-electron chi connectivity index (χ3n) is 9.86. The molecule has 6 atom stereocenters. The van der Waals surface area contributed by atoms with E-state index in [0.29, 0.717) is 42.6 Å². The van der Waals surface area contributed by atoms with E-state index in [1.54, 1.807) is 10.9 Å². The van der Waals surface area contributed by atoms with Crippen molar-refractivity contribution in [3.8, 4) is 0 Å². The van der Waals surface area contributed by atoms with Gasteiger partial charge in [-0.05, 0) is 36.9 Å². The van der Waals surface area contributed by atoms with E-state index in [1.807, 2.05) is 41.3 Å². The number of carbonyl (C=O) groups is 2. The van der Waals surface area contributed by atoms with Crippen LogP contribution in [0.3, 0.4) is 0 Å². The Balaban J connectivity index is 1.19. The molecule has 2 aliphatic heterocycles. The normalized spacial score (nSPS) is 25.5. The number of primary amides is 1. The first kappa shape index (κ1) is 31.8. The second-order valence-corrected chi connectivity index (χ2v) is 13.0. The van der Waals surface area contributed by atoms with Crippen LogP contribution < -0.4 is 31.9 Å². The molecule has 14 heteroatoms. The summed E-state index contributed by atoms with van der Waals surface area (Å²) >= 11 is 0. The van der Waals surface area contributed by atoms with Crippen LogP contribution in [0.25, 0.3) is 11.2 Å². The van der Waals surface area contributed by atoms with Crippen molar-refractivity contribution < 1.29 is 19.8 Å². The second kappa shape index (κ2) is 13.7. The minimum absolute atomic E-state index is 0.0139. The largest absolute Gasteiger partial charge is 0.390 e. The number of benzene rings is 2. The fourth-order valence-electron chi connectivity index (χ4n) is 7.23. The molecule has 0 spiro atoms. The van der Waals surface area contributed by atoms with Crippen molar-refractivity contribution in [3.63, 3.8) is 0 Å². The van der Waals surface area contributed by atoms with E-state index in [4.69, 9.17) is 15.7 Å². The lowest BCUT2D eigenvalue weighted by Gasteiger charge is -2.22. The number of hydrogen-bond donors (Lipinski definition) is 7. The van der Waals surface area contributed by atoms with Gasteiger partial charge in [0.2, 0.25) is 11.9 Å². The van der Waals surface area contributed by atoms with E-state index < -0.39 is 30.1 Å². The zero-order valence-electron chi connectivity index (χ0n) is 26.6. The van der Waals surface area contributed by atoms with Crippen molar-refractivity contribution in [2.24, 2.45) is 11.7 Å². The predicted octanol–water partition coefficient (Wildman–Crippen LogP) is 1.08. The van der Waals surface area contributed by atoms with Crippen molar-refractivity contribution in [1.29, 1.82) is 0 Å². The lowest BCUT2D eigenvalue weighted by molar-refractivity contribution is -0.125. The number of amides is 3. The molecule has 2 aromatic carbocycles. The van der Waals surface area contributed by atoms with E-state index in [9.17, 15) is 19.8 Å². The molecule has 4 aromatic rings. The number of nitrogens with zero attached hydrogens (tertiary/aromatic N) is 5. The van der Waals surface area contributed by atoms with Crippen molar-refractivity contribution in [2.75, 3.05) is 42.9 Å². The van der Waals surface area contributed by atoms with Gasteiger partial charge >= 0.3 is 6.03 Å². The summed E-state index contributed by atoms with van der Waals surface area (Å²) in [5, 5.41) is 34.6. The van der Waals surface area contributed by atoms with E-state index in [-0.39, 0.29) is 30.5 Å². The molecule has 2 aromatic heterocycles. The molecule has 0 bridgehead atoms. The molecule has 3 amide bonds. The molecule has 3 aliphatic rings. The lowest BCUT2D eigenvalue weighted by atomic mass is 9.91. The summed E-state index contributed by atoms with van der Waals surface area (Å²) in [6.07, 6.45) is 0.820. The number of nitrogens with one attached hydrogen (secondary N) is 4. The van der Waals surface area contributed by atoms with Crippen molar-refractivity contribution >= 4 is 34.9 Å². The van der Waals surface area contributed by atoms with Gasteiger partial charge in [0.05, 0.1) is 24.4 Å². The standard InChI is InChI=1S/C34H42N10O4/c35-30(47)24-15-26(29(46)28(24)45)44-19-38-27-31(37-17-25(20-7-3-1-4-8-20)21-9-5-2-6-10-21)41-33(42-32(27)44)43-14-12-23(18-43)40-34(48)39-22-11-13-36-16-22/h1-10,19,22-26,28-29,36,45-46H,11-18H2,(H2,35,47)(H,37,41,42)(H2,39,40,48)/t22-,23-,24+,26-,28-,29+/m1/s1. The number of imidazole rings is 1. The van der Waals surface area contributed by atoms with Crippen LogP contribution in [0.15, 0.2) is 67.0 Å². The average molecular weight is 655 g/mol. The first-order valence-electron chi connectivity index (χ1n) is 16.6. The SMILES string of the molecule is NC(=O)[C@H]1C[C@@H](n2cnc3c(NCC(c4ccccc4)c4ccccc4)nc(N4CC[C@@H](NC(=O)N[C@@H]5CCNC5)C4)nc32)[C@H](O)[C@@H]1O. The lowest BCUT2D eigenvalue weighted by Crippen LogP contribution is -2.47. The van der Waals surface area contributed by atoms with Gasteiger partial charge < -0.3 is 46.7 Å². The van der Waals surface area contributed by atoms with Crippen molar-refractivity contribution in [1.82, 2.24) is 35.5 Å². The predicted molar refractivity (Wildman–Crippen MR) is 180 cm³/mol. The molecular formula is C34H42N10O4. The van der Waals surface area contributed by atoms with E-state index in [2.05, 4.69) is 50.5 Å². The topological polar surface area (TPSA) is 196 Å². The Morgan fingerprint density at radius 1 is 0.958 bits per heavy atom. The Morgan fingerprint density at radius 2 is 1.67 bits per heavy atom. The summed E-state index contributed by atoms with van der Waals surface area (Å²) in [5.74, 6) is -0.571. The Hall–Kier alpha value is -4.79. The zero-order chi connectivity index (χ0) is 33.2. The molecular weight excluding hydrogens is 612 g/mol. The van der Waals surface area contributed by atoms with Crippen LogP contribution in [0.4, 0.5) is 16.6 Å². The van der Waals surface area contributed by atoms with Gasteiger partial charge in [-0.25, -0.2) is 9.78 Å². The molecule has 0 radical (unpaired) electrons. The number of anilines is 2. The molecule has 252 valence electrons. The number of aliphatic hydroxyl groups is 2. The van der Waals surface area contributed by atoms with E-state index in [1.165, 1.54) is 0 Å². The number of rotatable bonds is 10. The smallest absolute Gasteiger partial charge is 0.315 e. The third-order valence-corrected chi connectivity index (χ3v) is 9.86. The van der Waals surface area contributed by atoms with Crippen LogP contribution in [0.1, 0.15) is 42.3 Å². The first-order valence-corrected chi connectivity index (χ1v) is 16.6. The maximum atomic E-state index is 12.7. The Bertz CT molecular complexity index is 1690. The molecule has 3 fully saturated rings. The van der Waals surface area contributed by atoms with Gasteiger partial charge in [-0.3, -0.25) is 4.79 Å². The van der Waals surface area contributed by atoms with Gasteiger partial charge in [-0.15, -0.1) is 0 Å². The van der Waals surface area contributed by atoms with Crippen LogP contribution >= 0.6 is 0 Å². The van der Waals surface area contributed by atoms with Gasteiger partial charge in [0, 0.05) is 44.2 Å². The summed E-state index contributed by atoms with van der Waals surface area (Å²) in [5.41, 5.74) is 8.81. The highest BCUT2D eigenvalue weighted by Crippen LogP contribution is 2.38. The van der Waals surface area contributed by atoms with Crippen LogP contribution in [0.2, 0.25) is 0 Å². The number of aromatic nitrogens is 4. The molecule has 48 heavy (non-hydrogen) atoms. The van der Waals surface area contributed by atoms with Gasteiger partial charge in [-0.2, -0.15) is 9.97 Å². The molecule has 8 N–H and O–H groups in total. The molecule has 0 unspecified atom stereocenters. The summed E-state index contributed by atoms with van der Waals surface area (Å²) in [4.78, 5) is 41.3. The molecule has 14 nitrogen and oxygen atoms in total. The number of aliphatic hydroxyl groups excluding tert-OH is 2.